The van der Waals surface area contributed by atoms with Gasteiger partial charge < -0.3 is 14.4 Å². The summed E-state index contributed by atoms with van der Waals surface area (Å²) in [5.41, 5.74) is 2.34. The molecule has 4 heterocycles. The number of benzene rings is 1. The third-order valence-corrected chi connectivity index (χ3v) is 6.29. The van der Waals surface area contributed by atoms with Gasteiger partial charge in [0.15, 0.2) is 5.82 Å². The fourth-order valence-electron chi connectivity index (χ4n) is 4.41. The molecular weight excluding hydrogens is 436 g/mol. The standard InChI is InChI=1S/C23H24N8O3/c1-24-19-5-4-17(10-20(19)33-2)21-13-29-7-8-30(12-18(29)14-34-21)23(32)9-16-3-6-22(25-11-16)31-15-26-27-28-31/h3-6,10-11,15,18,21H,7-9,12-14H2,2H3/t18-,21+/m0/s1. The van der Waals surface area contributed by atoms with E-state index < -0.39 is 0 Å². The van der Waals surface area contributed by atoms with Gasteiger partial charge in [-0.25, -0.2) is 9.83 Å². The Balaban J connectivity index is 1.17. The molecule has 3 aromatic rings. The van der Waals surface area contributed by atoms with Crippen molar-refractivity contribution in [1.82, 2.24) is 35.0 Å². The van der Waals surface area contributed by atoms with E-state index in [-0.39, 0.29) is 18.1 Å². The third-order valence-electron chi connectivity index (χ3n) is 6.29. The molecule has 0 saturated carbocycles. The van der Waals surface area contributed by atoms with Crippen molar-refractivity contribution in [2.45, 2.75) is 18.6 Å². The van der Waals surface area contributed by atoms with Gasteiger partial charge in [-0.15, -0.1) is 5.10 Å². The number of hydrogen-bond donors (Lipinski definition) is 0. The van der Waals surface area contributed by atoms with Gasteiger partial charge in [0.1, 0.15) is 12.1 Å². The molecule has 0 unspecified atom stereocenters. The number of fused-ring (bicyclic) bond motifs is 1. The van der Waals surface area contributed by atoms with Crippen molar-refractivity contribution in [2.75, 3.05) is 39.9 Å². The molecule has 0 bridgehead atoms. The first-order valence-electron chi connectivity index (χ1n) is 11.0. The van der Waals surface area contributed by atoms with Crippen molar-refractivity contribution in [3.8, 4) is 11.6 Å². The Hall–Kier alpha value is -3.88. The zero-order chi connectivity index (χ0) is 23.5. The van der Waals surface area contributed by atoms with Gasteiger partial charge in [0.25, 0.3) is 0 Å². The molecule has 11 heteroatoms. The van der Waals surface area contributed by atoms with E-state index in [1.807, 2.05) is 23.1 Å². The van der Waals surface area contributed by atoms with Crippen LogP contribution in [0.1, 0.15) is 17.2 Å². The van der Waals surface area contributed by atoms with Crippen LogP contribution in [0, 0.1) is 6.57 Å². The third kappa shape index (κ3) is 4.46. The first kappa shape index (κ1) is 21.9. The number of carbonyl (C=O) groups is 1. The number of amides is 1. The number of nitrogens with zero attached hydrogens (tertiary/aromatic N) is 8. The molecule has 34 heavy (non-hydrogen) atoms. The van der Waals surface area contributed by atoms with Gasteiger partial charge in [-0.2, -0.15) is 4.68 Å². The van der Waals surface area contributed by atoms with Gasteiger partial charge in [0.2, 0.25) is 11.6 Å². The molecule has 174 valence electrons. The number of rotatable bonds is 5. The second-order valence-corrected chi connectivity index (χ2v) is 8.31. The number of aromatic nitrogens is 5. The number of piperazine rings is 1. The number of methoxy groups -OCH3 is 1. The van der Waals surface area contributed by atoms with Crippen LogP contribution in [-0.4, -0.2) is 86.8 Å². The average molecular weight is 460 g/mol. The van der Waals surface area contributed by atoms with Gasteiger partial charge in [-0.05, 0) is 33.7 Å². The monoisotopic (exact) mass is 460 g/mol. The SMILES string of the molecule is [C-]#[N+]c1ccc([C@H]2CN3CCN(C(=O)Cc4ccc(-n5cnnn5)nc4)C[C@H]3CO2)cc1OC. The van der Waals surface area contributed by atoms with Gasteiger partial charge in [-0.1, -0.05) is 18.2 Å². The fourth-order valence-corrected chi connectivity index (χ4v) is 4.41. The maximum Gasteiger partial charge on any atom is 0.228 e. The summed E-state index contributed by atoms with van der Waals surface area (Å²) in [7, 11) is 1.57. The van der Waals surface area contributed by atoms with Gasteiger partial charge in [-0.3, -0.25) is 9.69 Å². The van der Waals surface area contributed by atoms with Crippen molar-refractivity contribution in [3.63, 3.8) is 0 Å². The molecule has 2 aromatic heterocycles. The number of carbonyl (C=O) groups excluding carboxylic acids is 1. The summed E-state index contributed by atoms with van der Waals surface area (Å²) in [5, 5.41) is 11.0. The Kier molecular flexibility index (Phi) is 6.16. The van der Waals surface area contributed by atoms with E-state index in [1.165, 1.54) is 11.0 Å². The van der Waals surface area contributed by atoms with Gasteiger partial charge in [0.05, 0.1) is 38.9 Å². The summed E-state index contributed by atoms with van der Waals surface area (Å²) in [4.78, 5) is 25.1. The molecule has 2 fully saturated rings. The lowest BCUT2D eigenvalue weighted by Gasteiger charge is -2.46. The van der Waals surface area contributed by atoms with E-state index >= 15 is 0 Å². The molecule has 2 atom stereocenters. The molecule has 0 spiro atoms. The predicted octanol–water partition coefficient (Wildman–Crippen LogP) is 1.44. The number of morpholine rings is 1. The highest BCUT2D eigenvalue weighted by Gasteiger charge is 2.35. The van der Waals surface area contributed by atoms with Gasteiger partial charge in [0, 0.05) is 32.4 Å². The van der Waals surface area contributed by atoms with E-state index in [0.29, 0.717) is 43.4 Å². The molecule has 11 nitrogen and oxygen atoms in total. The Labute approximate surface area is 196 Å². The minimum Gasteiger partial charge on any atom is -0.508 e. The van der Waals surface area contributed by atoms with Crippen molar-refractivity contribution in [3.05, 3.63) is 65.4 Å². The lowest BCUT2D eigenvalue weighted by Crippen LogP contribution is -2.59. The summed E-state index contributed by atoms with van der Waals surface area (Å²) >= 11 is 0. The molecule has 5 rings (SSSR count). The lowest BCUT2D eigenvalue weighted by molar-refractivity contribution is -0.139. The first-order chi connectivity index (χ1) is 16.6. The average Bonchev–Trinajstić information content (AvgIpc) is 3.43. The van der Waals surface area contributed by atoms with Crippen LogP contribution in [0.4, 0.5) is 5.69 Å². The maximum absolute atomic E-state index is 12.9. The molecular formula is C23H24N8O3. The zero-order valence-electron chi connectivity index (χ0n) is 18.7. The van der Waals surface area contributed by atoms with Crippen molar-refractivity contribution in [1.29, 1.82) is 0 Å². The van der Waals surface area contributed by atoms with Crippen LogP contribution in [0.5, 0.6) is 5.75 Å². The molecule has 1 aromatic carbocycles. The quantitative estimate of drug-likeness (QED) is 0.527. The highest BCUT2D eigenvalue weighted by molar-refractivity contribution is 5.79. The lowest BCUT2D eigenvalue weighted by atomic mass is 10.0. The molecule has 0 radical (unpaired) electrons. The van der Waals surface area contributed by atoms with E-state index in [2.05, 4.69) is 30.3 Å². The minimum absolute atomic E-state index is 0.0817. The van der Waals surface area contributed by atoms with E-state index in [1.54, 1.807) is 25.4 Å². The second-order valence-electron chi connectivity index (χ2n) is 8.31. The first-order valence-corrected chi connectivity index (χ1v) is 11.0. The Morgan fingerprint density at radius 1 is 1.26 bits per heavy atom. The minimum atomic E-state index is -0.0861. The van der Waals surface area contributed by atoms with E-state index in [9.17, 15) is 4.79 Å². The van der Waals surface area contributed by atoms with Crippen LogP contribution in [0.3, 0.4) is 0 Å². The maximum atomic E-state index is 12.9. The predicted molar refractivity (Wildman–Crippen MR) is 121 cm³/mol. The summed E-state index contributed by atoms with van der Waals surface area (Å²) < 4.78 is 13.0. The van der Waals surface area contributed by atoms with Crippen molar-refractivity contribution < 1.29 is 14.3 Å². The van der Waals surface area contributed by atoms with E-state index in [4.69, 9.17) is 16.0 Å². The fraction of sp³-hybridized carbons (Fsp3) is 0.391. The molecule has 1 amide bonds. The van der Waals surface area contributed by atoms with Gasteiger partial charge >= 0.3 is 0 Å². The Bertz CT molecular complexity index is 1190. The summed E-state index contributed by atoms with van der Waals surface area (Å²) in [6.07, 6.45) is 3.37. The van der Waals surface area contributed by atoms with Crippen LogP contribution in [0.15, 0.2) is 42.9 Å². The highest BCUT2D eigenvalue weighted by Crippen LogP contribution is 2.34. The highest BCUT2D eigenvalue weighted by atomic mass is 16.5. The molecule has 0 N–H and O–H groups in total. The summed E-state index contributed by atoms with van der Waals surface area (Å²) in [5.74, 6) is 1.25. The van der Waals surface area contributed by atoms with Crippen molar-refractivity contribution >= 4 is 11.6 Å². The topological polar surface area (TPSA) is 103 Å². The number of tetrazole rings is 1. The molecule has 2 saturated heterocycles. The van der Waals surface area contributed by atoms with Crippen LogP contribution >= 0.6 is 0 Å². The van der Waals surface area contributed by atoms with Crippen LogP contribution in [0.2, 0.25) is 0 Å². The number of pyridine rings is 1. The zero-order valence-corrected chi connectivity index (χ0v) is 18.7. The smallest absolute Gasteiger partial charge is 0.228 e. The van der Waals surface area contributed by atoms with Crippen LogP contribution < -0.4 is 4.74 Å². The normalized spacial score (nSPS) is 20.4. The second kappa shape index (κ2) is 9.54. The largest absolute Gasteiger partial charge is 0.508 e. The molecule has 2 aliphatic rings. The molecule has 2 aliphatic heterocycles. The Morgan fingerprint density at radius 2 is 2.18 bits per heavy atom. The summed E-state index contributed by atoms with van der Waals surface area (Å²) in [6, 6.07) is 9.43. The number of hydrogen-bond acceptors (Lipinski definition) is 8. The Morgan fingerprint density at radius 3 is 2.91 bits per heavy atom. The van der Waals surface area contributed by atoms with Crippen LogP contribution in [-0.2, 0) is 16.0 Å². The van der Waals surface area contributed by atoms with Crippen LogP contribution in [0.25, 0.3) is 10.7 Å². The summed E-state index contributed by atoms with van der Waals surface area (Å²) in [6.45, 7) is 10.7. The van der Waals surface area contributed by atoms with E-state index in [0.717, 1.165) is 24.2 Å². The molecule has 0 aliphatic carbocycles. The van der Waals surface area contributed by atoms with Crippen molar-refractivity contribution in [2.24, 2.45) is 0 Å². The number of ether oxygens (including phenoxy) is 2.